The van der Waals surface area contributed by atoms with E-state index in [4.69, 9.17) is 9.84 Å². The molecule has 1 aromatic heterocycles. The first-order valence-corrected chi connectivity index (χ1v) is 8.68. The van der Waals surface area contributed by atoms with E-state index in [1.165, 1.54) is 24.3 Å². The topological polar surface area (TPSA) is 63.6 Å². The predicted molar refractivity (Wildman–Crippen MR) is 103 cm³/mol. The molecule has 0 fully saturated rings. The largest absolute Gasteiger partial charge is 0.496 e. The van der Waals surface area contributed by atoms with Gasteiger partial charge in [0.05, 0.1) is 12.7 Å². The van der Waals surface area contributed by atoms with Crippen LogP contribution in [0.3, 0.4) is 0 Å². The van der Waals surface area contributed by atoms with Crippen LogP contribution in [0.2, 0.25) is 0 Å². The second-order valence-corrected chi connectivity index (χ2v) is 6.53. The molecule has 2 aromatic carbocycles. The summed E-state index contributed by atoms with van der Waals surface area (Å²) >= 11 is 1.61. The molecule has 0 unspecified atom stereocenters. The average molecular weight is 364 g/mol. The Balaban J connectivity index is 1.96. The van der Waals surface area contributed by atoms with E-state index >= 15 is 0 Å². The number of Topliss-reactive ketones (excluding diaryl/α,β-unsaturated/α-hetero) is 1. The lowest BCUT2D eigenvalue weighted by Crippen LogP contribution is -2.04. The SMILES string of the molecule is C=C(C(=O)c1ccc(C(=O)O)cc1)c1cc(-c2cccs2)ccc1OC. The van der Waals surface area contributed by atoms with Crippen LogP contribution in [0, 0.1) is 0 Å². The van der Waals surface area contributed by atoms with E-state index in [2.05, 4.69) is 6.58 Å². The summed E-state index contributed by atoms with van der Waals surface area (Å²) in [4.78, 5) is 24.8. The maximum Gasteiger partial charge on any atom is 0.335 e. The molecule has 1 N–H and O–H groups in total. The average Bonchev–Trinajstić information content (AvgIpc) is 3.21. The van der Waals surface area contributed by atoms with E-state index in [9.17, 15) is 9.59 Å². The van der Waals surface area contributed by atoms with E-state index < -0.39 is 5.97 Å². The van der Waals surface area contributed by atoms with Crippen LogP contribution in [0.4, 0.5) is 0 Å². The lowest BCUT2D eigenvalue weighted by molar-refractivity contribution is 0.0696. The fourth-order valence-electron chi connectivity index (χ4n) is 2.60. The molecule has 0 aliphatic carbocycles. The third-order valence-corrected chi connectivity index (χ3v) is 4.92. The van der Waals surface area contributed by atoms with Gasteiger partial charge in [0, 0.05) is 21.6 Å². The number of aromatic carboxylic acids is 1. The Morgan fingerprint density at radius 2 is 1.73 bits per heavy atom. The summed E-state index contributed by atoms with van der Waals surface area (Å²) in [5.41, 5.74) is 2.40. The number of hydrogen-bond acceptors (Lipinski definition) is 4. The zero-order valence-corrected chi connectivity index (χ0v) is 14.9. The molecule has 130 valence electrons. The normalized spacial score (nSPS) is 10.3. The number of thiophene rings is 1. The van der Waals surface area contributed by atoms with Gasteiger partial charge in [0.25, 0.3) is 0 Å². The lowest BCUT2D eigenvalue weighted by atomic mass is 9.95. The van der Waals surface area contributed by atoms with Gasteiger partial charge >= 0.3 is 5.97 Å². The van der Waals surface area contributed by atoms with Gasteiger partial charge in [-0.05, 0) is 47.3 Å². The summed E-state index contributed by atoms with van der Waals surface area (Å²) in [5, 5.41) is 11.0. The van der Waals surface area contributed by atoms with E-state index in [-0.39, 0.29) is 11.3 Å². The first kappa shape index (κ1) is 17.6. The van der Waals surface area contributed by atoms with Gasteiger partial charge in [0.15, 0.2) is 5.78 Å². The summed E-state index contributed by atoms with van der Waals surface area (Å²) in [6, 6.07) is 15.4. The quantitative estimate of drug-likeness (QED) is 0.493. The maximum absolute atomic E-state index is 12.8. The van der Waals surface area contributed by atoms with Gasteiger partial charge in [-0.25, -0.2) is 4.79 Å². The Hall–Kier alpha value is -3.18. The van der Waals surface area contributed by atoms with Crippen molar-refractivity contribution in [2.75, 3.05) is 7.11 Å². The van der Waals surface area contributed by atoms with Crippen LogP contribution in [0.1, 0.15) is 26.3 Å². The number of methoxy groups -OCH3 is 1. The molecule has 3 aromatic rings. The highest BCUT2D eigenvalue weighted by molar-refractivity contribution is 7.13. The standard InChI is InChI=1S/C21H16O4S/c1-13(20(22)14-5-7-15(8-6-14)21(23)24)17-12-16(9-10-18(17)25-2)19-4-3-11-26-19/h3-12H,1H2,2H3,(H,23,24). The smallest absolute Gasteiger partial charge is 0.335 e. The number of carboxylic acid groups (broad SMARTS) is 1. The van der Waals surface area contributed by atoms with Crippen molar-refractivity contribution in [1.82, 2.24) is 0 Å². The summed E-state index contributed by atoms with van der Waals surface area (Å²) in [5.74, 6) is -0.748. The maximum atomic E-state index is 12.8. The Bertz CT molecular complexity index is 970. The van der Waals surface area contributed by atoms with Gasteiger partial charge in [-0.3, -0.25) is 4.79 Å². The molecule has 1 heterocycles. The number of rotatable bonds is 6. The molecule has 0 bridgehead atoms. The second kappa shape index (κ2) is 7.37. The fourth-order valence-corrected chi connectivity index (χ4v) is 3.32. The van der Waals surface area contributed by atoms with E-state index in [0.29, 0.717) is 22.4 Å². The number of hydrogen-bond donors (Lipinski definition) is 1. The van der Waals surface area contributed by atoms with Crippen molar-refractivity contribution in [3.8, 4) is 16.2 Å². The highest BCUT2D eigenvalue weighted by Crippen LogP contribution is 2.33. The van der Waals surface area contributed by atoms with Crippen LogP contribution in [0.25, 0.3) is 16.0 Å². The Morgan fingerprint density at radius 1 is 1.04 bits per heavy atom. The highest BCUT2D eigenvalue weighted by Gasteiger charge is 2.17. The van der Waals surface area contributed by atoms with Crippen LogP contribution in [0.15, 0.2) is 66.6 Å². The van der Waals surface area contributed by atoms with Crippen molar-refractivity contribution in [1.29, 1.82) is 0 Å². The number of carbonyl (C=O) groups is 2. The molecule has 4 nitrogen and oxygen atoms in total. The summed E-state index contributed by atoms with van der Waals surface area (Å²) in [6.45, 7) is 3.95. The Kier molecular flexibility index (Phi) is 5.00. The molecule has 0 aliphatic rings. The summed E-state index contributed by atoms with van der Waals surface area (Å²) < 4.78 is 5.39. The third kappa shape index (κ3) is 3.43. The fraction of sp³-hybridized carbons (Fsp3) is 0.0476. The zero-order valence-electron chi connectivity index (χ0n) is 14.1. The molecule has 5 heteroatoms. The van der Waals surface area contributed by atoms with Crippen molar-refractivity contribution in [2.45, 2.75) is 0 Å². The summed E-state index contributed by atoms with van der Waals surface area (Å²) in [7, 11) is 1.54. The van der Waals surface area contributed by atoms with Crippen LogP contribution in [0.5, 0.6) is 5.75 Å². The minimum absolute atomic E-state index is 0.129. The van der Waals surface area contributed by atoms with Gasteiger partial charge in [0.2, 0.25) is 0 Å². The molecule has 0 atom stereocenters. The molecule has 0 saturated carbocycles. The number of allylic oxidation sites excluding steroid dienone is 1. The van der Waals surface area contributed by atoms with Gasteiger partial charge in [0.1, 0.15) is 5.75 Å². The van der Waals surface area contributed by atoms with Crippen molar-refractivity contribution >= 4 is 28.7 Å². The van der Waals surface area contributed by atoms with Crippen LogP contribution >= 0.6 is 11.3 Å². The third-order valence-electron chi connectivity index (χ3n) is 4.00. The number of carbonyl (C=O) groups excluding carboxylic acids is 1. The van der Waals surface area contributed by atoms with E-state index in [1.54, 1.807) is 18.4 Å². The first-order valence-electron chi connectivity index (χ1n) is 7.80. The zero-order chi connectivity index (χ0) is 18.7. The van der Waals surface area contributed by atoms with Crippen molar-refractivity contribution in [2.24, 2.45) is 0 Å². The molecule has 0 radical (unpaired) electrons. The molecule has 3 rings (SSSR count). The molecule has 26 heavy (non-hydrogen) atoms. The number of ketones is 1. The second-order valence-electron chi connectivity index (χ2n) is 5.58. The van der Waals surface area contributed by atoms with Crippen LogP contribution in [-0.2, 0) is 0 Å². The minimum Gasteiger partial charge on any atom is -0.496 e. The van der Waals surface area contributed by atoms with Gasteiger partial charge in [-0.2, -0.15) is 0 Å². The highest BCUT2D eigenvalue weighted by atomic mass is 32.1. The van der Waals surface area contributed by atoms with Crippen molar-refractivity contribution < 1.29 is 19.4 Å². The van der Waals surface area contributed by atoms with Gasteiger partial charge in [-0.15, -0.1) is 11.3 Å². The number of benzene rings is 2. The minimum atomic E-state index is -1.03. The Morgan fingerprint density at radius 3 is 2.31 bits per heavy atom. The van der Waals surface area contributed by atoms with Gasteiger partial charge in [-0.1, -0.05) is 24.8 Å². The van der Waals surface area contributed by atoms with Crippen molar-refractivity contribution in [3.05, 3.63) is 83.2 Å². The number of ether oxygens (including phenoxy) is 1. The molecule has 0 aliphatic heterocycles. The van der Waals surface area contributed by atoms with E-state index in [0.717, 1.165) is 10.4 Å². The van der Waals surface area contributed by atoms with Gasteiger partial charge < -0.3 is 9.84 Å². The van der Waals surface area contributed by atoms with E-state index in [1.807, 2.05) is 35.7 Å². The molecule has 0 amide bonds. The lowest BCUT2D eigenvalue weighted by Gasteiger charge is -2.12. The molecule has 0 spiro atoms. The molecular weight excluding hydrogens is 348 g/mol. The predicted octanol–water partition coefficient (Wildman–Crippen LogP) is 5.02. The molecule has 0 saturated heterocycles. The molecular formula is C21H16O4S. The number of carboxylic acids is 1. The van der Waals surface area contributed by atoms with Crippen LogP contribution in [-0.4, -0.2) is 24.0 Å². The van der Waals surface area contributed by atoms with Crippen LogP contribution < -0.4 is 4.74 Å². The van der Waals surface area contributed by atoms with Crippen molar-refractivity contribution in [3.63, 3.8) is 0 Å². The first-order chi connectivity index (χ1) is 12.5. The monoisotopic (exact) mass is 364 g/mol. The summed E-state index contributed by atoms with van der Waals surface area (Å²) in [6.07, 6.45) is 0. The Labute approximate surface area is 155 Å².